The van der Waals surface area contributed by atoms with E-state index in [2.05, 4.69) is 10.0 Å². The molecule has 0 aliphatic heterocycles. The highest BCUT2D eigenvalue weighted by atomic mass is 35.5. The van der Waals surface area contributed by atoms with Gasteiger partial charge in [-0.3, -0.25) is 9.52 Å². The SMILES string of the molecule is CC[C@@H](Oc1ccc(Cl)cc1)C(=O)Nc1ccc(S(=O)(=O)Nc2ccc(Cl)c(C(F)(F)F)c2)cc1. The van der Waals surface area contributed by atoms with Crippen molar-refractivity contribution in [2.45, 2.75) is 30.5 Å². The summed E-state index contributed by atoms with van der Waals surface area (Å²) in [5.41, 5.74) is -1.16. The van der Waals surface area contributed by atoms with E-state index in [0.717, 1.165) is 12.1 Å². The molecule has 0 fully saturated rings. The number of alkyl halides is 3. The van der Waals surface area contributed by atoms with Gasteiger partial charge in [-0.2, -0.15) is 13.2 Å². The summed E-state index contributed by atoms with van der Waals surface area (Å²) in [5.74, 6) is 0.0109. The van der Waals surface area contributed by atoms with Crippen LogP contribution < -0.4 is 14.8 Å². The number of hydrogen-bond donors (Lipinski definition) is 2. The summed E-state index contributed by atoms with van der Waals surface area (Å²) < 4.78 is 72.1. The van der Waals surface area contributed by atoms with E-state index in [-0.39, 0.29) is 10.6 Å². The first-order valence-electron chi connectivity index (χ1n) is 10.1. The van der Waals surface area contributed by atoms with Crippen molar-refractivity contribution in [1.29, 1.82) is 0 Å². The second-order valence-electron chi connectivity index (χ2n) is 7.28. The Hall–Kier alpha value is -2.95. The molecule has 0 saturated carbocycles. The van der Waals surface area contributed by atoms with E-state index >= 15 is 0 Å². The van der Waals surface area contributed by atoms with Gasteiger partial charge < -0.3 is 10.1 Å². The Balaban J connectivity index is 1.69. The Labute approximate surface area is 210 Å². The molecular formula is C23H19Cl2F3N2O4S. The molecule has 35 heavy (non-hydrogen) atoms. The summed E-state index contributed by atoms with van der Waals surface area (Å²) in [5, 5.41) is 2.61. The number of ether oxygens (including phenoxy) is 1. The monoisotopic (exact) mass is 546 g/mol. The van der Waals surface area contributed by atoms with Crippen molar-refractivity contribution in [2.75, 3.05) is 10.0 Å². The lowest BCUT2D eigenvalue weighted by Gasteiger charge is -2.17. The first kappa shape index (κ1) is 26.7. The van der Waals surface area contributed by atoms with Crippen molar-refractivity contribution >= 4 is 50.5 Å². The van der Waals surface area contributed by atoms with E-state index in [1.807, 2.05) is 0 Å². The summed E-state index contributed by atoms with van der Waals surface area (Å²) in [6.07, 6.45) is -5.19. The molecule has 2 N–H and O–H groups in total. The normalized spacial score (nSPS) is 12.6. The van der Waals surface area contributed by atoms with Crippen LogP contribution in [0.5, 0.6) is 5.75 Å². The van der Waals surface area contributed by atoms with Crippen LogP contribution in [-0.2, 0) is 21.0 Å². The van der Waals surface area contributed by atoms with E-state index < -0.39 is 38.8 Å². The molecule has 0 spiro atoms. The van der Waals surface area contributed by atoms with Crippen LogP contribution in [0, 0.1) is 0 Å². The number of halogens is 5. The van der Waals surface area contributed by atoms with Crippen LogP contribution >= 0.6 is 23.2 Å². The van der Waals surface area contributed by atoms with Gasteiger partial charge in [0.15, 0.2) is 6.10 Å². The predicted octanol–water partition coefficient (Wildman–Crippen LogP) is 6.61. The molecule has 3 aromatic rings. The van der Waals surface area contributed by atoms with Gasteiger partial charge in [0.2, 0.25) is 0 Å². The van der Waals surface area contributed by atoms with Gasteiger partial charge in [0.1, 0.15) is 5.75 Å². The third kappa shape index (κ3) is 7.03. The fourth-order valence-corrected chi connectivity index (χ4v) is 4.36. The molecule has 6 nitrogen and oxygen atoms in total. The third-order valence-corrected chi connectivity index (χ3v) is 6.69. The lowest BCUT2D eigenvalue weighted by molar-refractivity contribution is -0.137. The van der Waals surface area contributed by atoms with Crippen molar-refractivity contribution in [2.24, 2.45) is 0 Å². The molecule has 0 heterocycles. The van der Waals surface area contributed by atoms with E-state index in [4.69, 9.17) is 27.9 Å². The molecule has 0 aliphatic carbocycles. The molecule has 3 rings (SSSR count). The van der Waals surface area contributed by atoms with Crippen molar-refractivity contribution < 1.29 is 31.1 Å². The average Bonchev–Trinajstić information content (AvgIpc) is 2.79. The second-order valence-corrected chi connectivity index (χ2v) is 9.81. The minimum Gasteiger partial charge on any atom is -0.481 e. The van der Waals surface area contributed by atoms with E-state index in [1.54, 1.807) is 31.2 Å². The van der Waals surface area contributed by atoms with Crippen LogP contribution in [0.1, 0.15) is 18.9 Å². The van der Waals surface area contributed by atoms with Crippen molar-refractivity contribution in [3.63, 3.8) is 0 Å². The van der Waals surface area contributed by atoms with Gasteiger partial charge in [0.05, 0.1) is 15.5 Å². The Morgan fingerprint density at radius 3 is 2.14 bits per heavy atom. The zero-order valence-electron chi connectivity index (χ0n) is 18.1. The van der Waals surface area contributed by atoms with Crippen LogP contribution in [0.4, 0.5) is 24.5 Å². The van der Waals surface area contributed by atoms with Crippen molar-refractivity contribution in [3.05, 3.63) is 82.3 Å². The molecule has 0 radical (unpaired) electrons. The summed E-state index contributed by atoms with van der Waals surface area (Å²) in [6, 6.07) is 14.3. The maximum atomic E-state index is 13.0. The minimum absolute atomic E-state index is 0.219. The van der Waals surface area contributed by atoms with Gasteiger partial charge in [-0.05, 0) is 73.2 Å². The number of benzene rings is 3. The first-order chi connectivity index (χ1) is 16.4. The number of amides is 1. The highest BCUT2D eigenvalue weighted by Gasteiger charge is 2.33. The Morgan fingerprint density at radius 1 is 0.971 bits per heavy atom. The summed E-state index contributed by atoms with van der Waals surface area (Å²) in [6.45, 7) is 1.77. The largest absolute Gasteiger partial charge is 0.481 e. The number of sulfonamides is 1. The molecule has 0 aliphatic rings. The molecule has 0 aromatic heterocycles. The number of anilines is 2. The Morgan fingerprint density at radius 2 is 1.57 bits per heavy atom. The van der Waals surface area contributed by atoms with Crippen LogP contribution in [0.25, 0.3) is 0 Å². The molecule has 12 heteroatoms. The minimum atomic E-state index is -4.74. The van der Waals surface area contributed by atoms with Gasteiger partial charge in [-0.25, -0.2) is 8.42 Å². The number of carbonyl (C=O) groups is 1. The number of hydrogen-bond acceptors (Lipinski definition) is 4. The smallest absolute Gasteiger partial charge is 0.417 e. The third-order valence-electron chi connectivity index (χ3n) is 4.71. The standard InChI is InChI=1S/C23H19Cl2F3N2O4S/c1-2-21(34-17-8-3-14(24)4-9-17)22(31)29-15-5-10-18(11-6-15)35(32,33)30-16-7-12-20(25)19(13-16)23(26,27)28/h3-13,21,30H,2H2,1H3,(H,29,31)/t21-/m1/s1. The fourth-order valence-electron chi connectivity index (χ4n) is 2.96. The molecule has 3 aromatic carbocycles. The van der Waals surface area contributed by atoms with E-state index in [0.29, 0.717) is 28.9 Å². The quantitative estimate of drug-likeness (QED) is 0.333. The molecule has 0 unspecified atom stereocenters. The zero-order valence-corrected chi connectivity index (χ0v) is 20.4. The zero-order chi connectivity index (χ0) is 25.8. The highest BCUT2D eigenvalue weighted by Crippen LogP contribution is 2.36. The molecule has 1 atom stereocenters. The highest BCUT2D eigenvalue weighted by molar-refractivity contribution is 7.92. The lowest BCUT2D eigenvalue weighted by Crippen LogP contribution is -2.32. The number of rotatable bonds is 8. The van der Waals surface area contributed by atoms with Gasteiger partial charge in [-0.1, -0.05) is 30.1 Å². The van der Waals surface area contributed by atoms with Gasteiger partial charge in [0.25, 0.3) is 15.9 Å². The maximum Gasteiger partial charge on any atom is 0.417 e. The fraction of sp³-hybridized carbons (Fsp3) is 0.174. The van der Waals surface area contributed by atoms with E-state index in [1.165, 1.54) is 24.3 Å². The van der Waals surface area contributed by atoms with Gasteiger partial charge in [0, 0.05) is 16.4 Å². The van der Waals surface area contributed by atoms with Crippen molar-refractivity contribution in [1.82, 2.24) is 0 Å². The van der Waals surface area contributed by atoms with Crippen LogP contribution in [0.15, 0.2) is 71.6 Å². The molecule has 0 saturated heterocycles. The van der Waals surface area contributed by atoms with Crippen LogP contribution in [0.2, 0.25) is 10.0 Å². The average molecular weight is 547 g/mol. The topological polar surface area (TPSA) is 84.5 Å². The predicted molar refractivity (Wildman–Crippen MR) is 128 cm³/mol. The number of carbonyl (C=O) groups excluding carboxylic acids is 1. The number of nitrogens with one attached hydrogen (secondary N) is 2. The Bertz CT molecular complexity index is 1300. The summed E-state index contributed by atoms with van der Waals surface area (Å²) in [4.78, 5) is 12.4. The van der Waals surface area contributed by atoms with Crippen LogP contribution in [0.3, 0.4) is 0 Å². The lowest BCUT2D eigenvalue weighted by atomic mass is 10.2. The molecule has 1 amide bonds. The van der Waals surface area contributed by atoms with Gasteiger partial charge >= 0.3 is 6.18 Å². The van der Waals surface area contributed by atoms with Crippen LogP contribution in [-0.4, -0.2) is 20.4 Å². The molecule has 0 bridgehead atoms. The maximum absolute atomic E-state index is 13.0. The first-order valence-corrected chi connectivity index (χ1v) is 12.4. The summed E-state index contributed by atoms with van der Waals surface area (Å²) >= 11 is 11.4. The summed E-state index contributed by atoms with van der Waals surface area (Å²) in [7, 11) is -4.21. The van der Waals surface area contributed by atoms with Crippen molar-refractivity contribution in [3.8, 4) is 5.75 Å². The van der Waals surface area contributed by atoms with Gasteiger partial charge in [-0.15, -0.1) is 0 Å². The Kier molecular flexibility index (Phi) is 8.19. The second kappa shape index (κ2) is 10.8. The molecular weight excluding hydrogens is 528 g/mol. The van der Waals surface area contributed by atoms with E-state index in [9.17, 15) is 26.4 Å². The molecule has 186 valence electrons.